The topological polar surface area (TPSA) is 78.7 Å². The minimum Gasteiger partial charge on any atom is -0.467 e. The molecule has 1 N–H and O–H groups in total. The number of rotatable bonds is 4. The number of aromatic amines is 1. The van der Waals surface area contributed by atoms with Crippen LogP contribution in [0.4, 0.5) is 0 Å². The van der Waals surface area contributed by atoms with Gasteiger partial charge in [0.25, 0.3) is 11.5 Å². The Morgan fingerprint density at radius 3 is 2.49 bits per heavy atom. The van der Waals surface area contributed by atoms with Crippen molar-refractivity contribution in [1.82, 2.24) is 9.99 Å². The van der Waals surface area contributed by atoms with E-state index in [4.69, 9.17) is 9.52 Å². The Kier molecular flexibility index (Phi) is 6.14. The fraction of sp³-hybridized carbons (Fsp3) is 0.0690. The summed E-state index contributed by atoms with van der Waals surface area (Å²) < 4.78 is 7.27. The molecule has 1 aliphatic rings. The smallest absolute Gasteiger partial charge is 0.275 e. The fourth-order valence-electron chi connectivity index (χ4n) is 4.75. The molecule has 0 spiro atoms. The average molecular weight is 617 g/mol. The van der Waals surface area contributed by atoms with Crippen LogP contribution in [0.3, 0.4) is 0 Å². The number of hydrazone groups is 1. The van der Waals surface area contributed by atoms with Gasteiger partial charge >= 0.3 is 0 Å². The summed E-state index contributed by atoms with van der Waals surface area (Å²) in [7, 11) is 0. The van der Waals surface area contributed by atoms with E-state index in [2.05, 4.69) is 36.8 Å². The highest BCUT2D eigenvalue weighted by Crippen LogP contribution is 2.38. The molecule has 2 aromatic heterocycles. The summed E-state index contributed by atoms with van der Waals surface area (Å²) >= 11 is 7.05. The van der Waals surface area contributed by atoms with Crippen LogP contribution in [0.25, 0.3) is 22.0 Å². The van der Waals surface area contributed by atoms with Gasteiger partial charge in [0.05, 0.1) is 23.1 Å². The summed E-state index contributed by atoms with van der Waals surface area (Å²) in [5.74, 6) is 0.311. The van der Waals surface area contributed by atoms with E-state index >= 15 is 0 Å². The second kappa shape index (κ2) is 9.61. The highest BCUT2D eigenvalue weighted by atomic mass is 79.9. The summed E-state index contributed by atoms with van der Waals surface area (Å²) in [6.07, 6.45) is 1.90. The molecular formula is C29H19Br2N3O3. The number of nitrogens with one attached hydrogen (secondary N) is 1. The van der Waals surface area contributed by atoms with Crippen molar-refractivity contribution in [2.45, 2.75) is 12.5 Å². The van der Waals surface area contributed by atoms with Gasteiger partial charge in [0.2, 0.25) is 0 Å². The number of furan rings is 1. The standard InChI is InChI=1S/C29H19Br2N3O3/c30-18-12-13-22-20(15-18)26(17-7-2-1-3-8-17)27(28(35)32-22)23-16-24(25-11-6-14-37-25)34(33-23)29(36)19-9-4-5-10-21(19)31/h1-15,24H,16H2,(H,32,35)/t24-/m1/s1. The molecule has 0 saturated heterocycles. The van der Waals surface area contributed by atoms with Crippen LogP contribution >= 0.6 is 31.9 Å². The third kappa shape index (κ3) is 4.26. The molecule has 3 aromatic carbocycles. The summed E-state index contributed by atoms with van der Waals surface area (Å²) in [4.78, 5) is 30.3. The Morgan fingerprint density at radius 2 is 1.73 bits per heavy atom. The van der Waals surface area contributed by atoms with Gasteiger partial charge < -0.3 is 9.40 Å². The fourth-order valence-corrected chi connectivity index (χ4v) is 5.57. The van der Waals surface area contributed by atoms with Gasteiger partial charge in [0.15, 0.2) is 0 Å². The Hall–Kier alpha value is -3.75. The monoisotopic (exact) mass is 615 g/mol. The lowest BCUT2D eigenvalue weighted by atomic mass is 9.92. The van der Waals surface area contributed by atoms with E-state index in [0.29, 0.717) is 33.5 Å². The number of pyridine rings is 1. The van der Waals surface area contributed by atoms with E-state index in [0.717, 1.165) is 26.5 Å². The van der Waals surface area contributed by atoms with E-state index in [1.54, 1.807) is 24.5 Å². The molecule has 3 heterocycles. The van der Waals surface area contributed by atoms with Crippen molar-refractivity contribution in [3.05, 3.63) is 127 Å². The first kappa shape index (κ1) is 23.6. The Morgan fingerprint density at radius 1 is 0.946 bits per heavy atom. The second-order valence-corrected chi connectivity index (χ2v) is 10.4. The molecule has 0 unspecified atom stereocenters. The number of amides is 1. The molecule has 0 bridgehead atoms. The molecule has 0 aliphatic carbocycles. The number of hydrogen-bond donors (Lipinski definition) is 1. The van der Waals surface area contributed by atoms with E-state index in [9.17, 15) is 9.59 Å². The number of carbonyl (C=O) groups is 1. The van der Waals surface area contributed by atoms with Crippen molar-refractivity contribution >= 4 is 54.4 Å². The molecule has 1 atom stereocenters. The number of hydrogen-bond acceptors (Lipinski definition) is 4. The lowest BCUT2D eigenvalue weighted by molar-refractivity contribution is 0.0692. The van der Waals surface area contributed by atoms with Crippen molar-refractivity contribution in [2.24, 2.45) is 5.10 Å². The van der Waals surface area contributed by atoms with E-state index in [-0.39, 0.29) is 11.5 Å². The van der Waals surface area contributed by atoms with Crippen LogP contribution < -0.4 is 5.56 Å². The molecule has 0 saturated carbocycles. The SMILES string of the molecule is O=C(c1ccccc1Br)N1N=C(c2c(-c3ccccc3)c3cc(Br)ccc3[nH]c2=O)C[C@@H]1c1ccco1. The number of carbonyl (C=O) groups excluding carboxylic acids is 1. The minimum absolute atomic E-state index is 0.263. The first-order valence-corrected chi connectivity index (χ1v) is 13.2. The van der Waals surface area contributed by atoms with Crippen LogP contribution in [0.2, 0.25) is 0 Å². The maximum absolute atomic E-state index is 13.7. The predicted octanol–water partition coefficient (Wildman–Crippen LogP) is 7.30. The number of H-pyrrole nitrogens is 1. The number of fused-ring (bicyclic) bond motifs is 1. The van der Waals surface area contributed by atoms with Gasteiger partial charge in [-0.15, -0.1) is 0 Å². The van der Waals surface area contributed by atoms with Crippen LogP contribution in [0.15, 0.2) is 114 Å². The zero-order valence-electron chi connectivity index (χ0n) is 19.3. The summed E-state index contributed by atoms with van der Waals surface area (Å²) in [5.41, 5.74) is 3.55. The maximum atomic E-state index is 13.7. The average Bonchev–Trinajstić information content (AvgIpc) is 3.59. The first-order chi connectivity index (χ1) is 18.0. The molecule has 182 valence electrons. The molecule has 0 radical (unpaired) electrons. The zero-order valence-corrected chi connectivity index (χ0v) is 22.5. The van der Waals surface area contributed by atoms with Gasteiger partial charge in [-0.1, -0.05) is 58.4 Å². The molecule has 1 amide bonds. The molecule has 8 heteroatoms. The Bertz CT molecular complexity index is 1730. The molecular weight excluding hydrogens is 598 g/mol. The summed E-state index contributed by atoms with van der Waals surface area (Å²) in [6.45, 7) is 0. The second-order valence-electron chi connectivity index (χ2n) is 8.67. The van der Waals surface area contributed by atoms with Crippen LogP contribution in [0.5, 0.6) is 0 Å². The van der Waals surface area contributed by atoms with E-state index < -0.39 is 6.04 Å². The molecule has 6 nitrogen and oxygen atoms in total. The van der Waals surface area contributed by atoms with Gasteiger partial charge in [-0.2, -0.15) is 5.10 Å². The minimum atomic E-state index is -0.495. The summed E-state index contributed by atoms with van der Waals surface area (Å²) in [5, 5.41) is 7.08. The van der Waals surface area contributed by atoms with Gasteiger partial charge in [-0.05, 0) is 64.0 Å². The summed E-state index contributed by atoms with van der Waals surface area (Å²) in [6, 6.07) is 25.8. The molecule has 6 rings (SSSR count). The van der Waals surface area contributed by atoms with Crippen LogP contribution in [-0.2, 0) is 0 Å². The quantitative estimate of drug-likeness (QED) is 0.230. The lowest BCUT2D eigenvalue weighted by Crippen LogP contribution is -2.27. The van der Waals surface area contributed by atoms with Crippen LogP contribution in [-0.4, -0.2) is 21.6 Å². The number of nitrogens with zero attached hydrogens (tertiary/aromatic N) is 2. The Balaban J connectivity index is 1.58. The van der Waals surface area contributed by atoms with Crippen molar-refractivity contribution in [3.63, 3.8) is 0 Å². The lowest BCUT2D eigenvalue weighted by Gasteiger charge is -2.20. The van der Waals surface area contributed by atoms with Crippen molar-refractivity contribution in [3.8, 4) is 11.1 Å². The molecule has 1 aliphatic heterocycles. The highest BCUT2D eigenvalue weighted by molar-refractivity contribution is 9.10. The van der Waals surface area contributed by atoms with Crippen molar-refractivity contribution in [1.29, 1.82) is 0 Å². The first-order valence-electron chi connectivity index (χ1n) is 11.6. The largest absolute Gasteiger partial charge is 0.467 e. The third-order valence-corrected chi connectivity index (χ3v) is 7.61. The van der Waals surface area contributed by atoms with Gasteiger partial charge in [-0.25, -0.2) is 5.01 Å². The molecule has 37 heavy (non-hydrogen) atoms. The number of aromatic nitrogens is 1. The van der Waals surface area contributed by atoms with Gasteiger partial charge in [0, 0.05) is 31.8 Å². The highest BCUT2D eigenvalue weighted by Gasteiger charge is 2.37. The Labute approximate surface area is 228 Å². The van der Waals surface area contributed by atoms with Crippen molar-refractivity contribution in [2.75, 3.05) is 0 Å². The van der Waals surface area contributed by atoms with Gasteiger partial charge in [-0.3, -0.25) is 9.59 Å². The normalized spacial score (nSPS) is 15.2. The number of halogens is 2. The van der Waals surface area contributed by atoms with E-state index in [1.807, 2.05) is 66.7 Å². The third-order valence-electron chi connectivity index (χ3n) is 6.42. The predicted molar refractivity (Wildman–Crippen MR) is 151 cm³/mol. The van der Waals surface area contributed by atoms with E-state index in [1.165, 1.54) is 5.01 Å². The van der Waals surface area contributed by atoms with Gasteiger partial charge in [0.1, 0.15) is 11.8 Å². The molecule has 0 fully saturated rings. The maximum Gasteiger partial charge on any atom is 0.275 e. The van der Waals surface area contributed by atoms with Crippen LogP contribution in [0.1, 0.15) is 34.1 Å². The molecule has 5 aromatic rings. The number of benzene rings is 3. The van der Waals surface area contributed by atoms with Crippen molar-refractivity contribution < 1.29 is 9.21 Å². The van der Waals surface area contributed by atoms with Crippen LogP contribution in [0, 0.1) is 0 Å². The zero-order chi connectivity index (χ0) is 25.5.